The summed E-state index contributed by atoms with van der Waals surface area (Å²) in [5, 5.41) is 13.2. The Bertz CT molecular complexity index is 519. The molecule has 0 bridgehead atoms. The standard InChI is InChI=1S/C12H18N4O3/c1-7-10(11(13)19)12(15(2)14-7)16(6-9(17)18)5-8-3-4-8/h8H,3-6H2,1-2H3,(H2,13,19)(H,17,18). The van der Waals surface area contributed by atoms with Gasteiger partial charge in [-0.1, -0.05) is 0 Å². The summed E-state index contributed by atoms with van der Waals surface area (Å²) in [5.74, 6) is -0.517. The van der Waals surface area contributed by atoms with Crippen LogP contribution in [0, 0.1) is 12.8 Å². The third-order valence-corrected chi connectivity index (χ3v) is 3.24. The Morgan fingerprint density at radius 1 is 1.53 bits per heavy atom. The molecule has 0 radical (unpaired) electrons. The minimum Gasteiger partial charge on any atom is -0.480 e. The smallest absolute Gasteiger partial charge is 0.323 e. The van der Waals surface area contributed by atoms with Crippen molar-refractivity contribution in [2.24, 2.45) is 18.7 Å². The SMILES string of the molecule is Cc1nn(C)c(N(CC(=O)O)CC2CC2)c1C(N)=O. The fourth-order valence-electron chi connectivity index (χ4n) is 2.30. The Labute approximate surface area is 111 Å². The lowest BCUT2D eigenvalue weighted by Gasteiger charge is -2.23. The van der Waals surface area contributed by atoms with Crippen molar-refractivity contribution in [3.8, 4) is 0 Å². The minimum absolute atomic E-state index is 0.157. The maximum Gasteiger partial charge on any atom is 0.323 e. The van der Waals surface area contributed by atoms with Gasteiger partial charge < -0.3 is 15.7 Å². The van der Waals surface area contributed by atoms with Gasteiger partial charge in [-0.2, -0.15) is 5.10 Å². The molecule has 3 N–H and O–H groups in total. The maximum atomic E-state index is 11.5. The molecule has 1 fully saturated rings. The van der Waals surface area contributed by atoms with E-state index in [9.17, 15) is 9.59 Å². The van der Waals surface area contributed by atoms with Crippen LogP contribution in [0.2, 0.25) is 0 Å². The van der Waals surface area contributed by atoms with Crippen molar-refractivity contribution in [1.29, 1.82) is 0 Å². The van der Waals surface area contributed by atoms with Crippen LogP contribution in [0.5, 0.6) is 0 Å². The number of carboxylic acids is 1. The molecule has 1 aliphatic rings. The van der Waals surface area contributed by atoms with Gasteiger partial charge in [-0.05, 0) is 25.7 Å². The number of aryl methyl sites for hydroxylation is 2. The van der Waals surface area contributed by atoms with Gasteiger partial charge in [0.25, 0.3) is 5.91 Å². The van der Waals surface area contributed by atoms with E-state index in [2.05, 4.69) is 5.10 Å². The molecule has 0 unspecified atom stereocenters. The highest BCUT2D eigenvalue weighted by molar-refractivity contribution is 5.99. The van der Waals surface area contributed by atoms with Crippen LogP contribution in [-0.4, -0.2) is 39.9 Å². The molecule has 2 rings (SSSR count). The number of aliphatic carboxylic acids is 1. The van der Waals surface area contributed by atoms with E-state index in [1.165, 1.54) is 4.68 Å². The molecule has 104 valence electrons. The van der Waals surface area contributed by atoms with E-state index in [1.54, 1.807) is 18.9 Å². The van der Waals surface area contributed by atoms with Crippen LogP contribution < -0.4 is 10.6 Å². The van der Waals surface area contributed by atoms with Crippen molar-refractivity contribution in [2.45, 2.75) is 19.8 Å². The number of carbonyl (C=O) groups is 2. The monoisotopic (exact) mass is 266 g/mol. The van der Waals surface area contributed by atoms with E-state index < -0.39 is 11.9 Å². The third kappa shape index (κ3) is 2.86. The van der Waals surface area contributed by atoms with E-state index in [-0.39, 0.29) is 6.54 Å². The molecular formula is C12H18N4O3. The predicted molar refractivity (Wildman–Crippen MR) is 69.0 cm³/mol. The van der Waals surface area contributed by atoms with Gasteiger partial charge in [-0.25, -0.2) is 0 Å². The summed E-state index contributed by atoms with van der Waals surface area (Å²) in [4.78, 5) is 24.2. The maximum absolute atomic E-state index is 11.5. The van der Waals surface area contributed by atoms with E-state index in [0.29, 0.717) is 29.5 Å². The summed E-state index contributed by atoms with van der Waals surface area (Å²) >= 11 is 0. The normalized spacial score (nSPS) is 14.4. The van der Waals surface area contributed by atoms with Crippen LogP contribution in [0.3, 0.4) is 0 Å². The number of nitrogens with two attached hydrogens (primary N) is 1. The summed E-state index contributed by atoms with van der Waals surface area (Å²) < 4.78 is 1.53. The lowest BCUT2D eigenvalue weighted by molar-refractivity contribution is -0.135. The molecule has 0 atom stereocenters. The second-order valence-electron chi connectivity index (χ2n) is 4.99. The average Bonchev–Trinajstić information content (AvgIpc) is 3.01. The number of primary amides is 1. The molecule has 7 heteroatoms. The number of carboxylic acid groups (broad SMARTS) is 1. The Balaban J connectivity index is 2.38. The molecule has 0 aliphatic heterocycles. The highest BCUT2D eigenvalue weighted by Gasteiger charge is 2.30. The first-order chi connectivity index (χ1) is 8.90. The number of rotatable bonds is 6. The van der Waals surface area contributed by atoms with Gasteiger partial charge in [-0.3, -0.25) is 14.3 Å². The van der Waals surface area contributed by atoms with E-state index >= 15 is 0 Å². The van der Waals surface area contributed by atoms with Crippen molar-refractivity contribution in [2.75, 3.05) is 18.0 Å². The van der Waals surface area contributed by atoms with Crippen LogP contribution in [0.25, 0.3) is 0 Å². The largest absolute Gasteiger partial charge is 0.480 e. The molecule has 7 nitrogen and oxygen atoms in total. The number of hydrogen-bond donors (Lipinski definition) is 2. The Kier molecular flexibility index (Phi) is 3.46. The van der Waals surface area contributed by atoms with Crippen LogP contribution in [0.4, 0.5) is 5.82 Å². The Hall–Kier alpha value is -2.05. The third-order valence-electron chi connectivity index (χ3n) is 3.24. The number of amides is 1. The van der Waals surface area contributed by atoms with Gasteiger partial charge in [0.1, 0.15) is 17.9 Å². The van der Waals surface area contributed by atoms with E-state index in [1.807, 2.05) is 0 Å². The fourth-order valence-corrected chi connectivity index (χ4v) is 2.30. The molecule has 19 heavy (non-hydrogen) atoms. The summed E-state index contributed by atoms with van der Waals surface area (Å²) in [6.45, 7) is 2.15. The van der Waals surface area contributed by atoms with Crippen molar-refractivity contribution in [3.63, 3.8) is 0 Å². The predicted octanol–water partition coefficient (Wildman–Crippen LogP) is 0.128. The van der Waals surface area contributed by atoms with Crippen molar-refractivity contribution >= 4 is 17.7 Å². The first kappa shape index (κ1) is 13.4. The van der Waals surface area contributed by atoms with Crippen molar-refractivity contribution in [3.05, 3.63) is 11.3 Å². The second kappa shape index (κ2) is 4.91. The number of nitrogens with zero attached hydrogens (tertiary/aromatic N) is 3. The summed E-state index contributed by atoms with van der Waals surface area (Å²) in [6, 6.07) is 0. The fraction of sp³-hybridized carbons (Fsp3) is 0.583. The molecule has 1 heterocycles. The first-order valence-electron chi connectivity index (χ1n) is 6.20. The van der Waals surface area contributed by atoms with Crippen LogP contribution in [0.1, 0.15) is 28.9 Å². The number of anilines is 1. The summed E-state index contributed by atoms with van der Waals surface area (Å²) in [7, 11) is 1.69. The molecule has 1 aliphatic carbocycles. The molecule has 0 aromatic carbocycles. The molecule has 1 saturated carbocycles. The topological polar surface area (TPSA) is 101 Å². The van der Waals surface area contributed by atoms with Crippen LogP contribution in [-0.2, 0) is 11.8 Å². The summed E-state index contributed by atoms with van der Waals surface area (Å²) in [6.07, 6.45) is 2.19. The first-order valence-corrected chi connectivity index (χ1v) is 6.20. The number of aromatic nitrogens is 2. The Morgan fingerprint density at radius 2 is 2.16 bits per heavy atom. The molecule has 1 aromatic rings. The lowest BCUT2D eigenvalue weighted by Crippen LogP contribution is -2.34. The molecule has 0 saturated heterocycles. The molecule has 1 aromatic heterocycles. The molecular weight excluding hydrogens is 248 g/mol. The quantitative estimate of drug-likeness (QED) is 0.762. The Morgan fingerprint density at radius 3 is 2.63 bits per heavy atom. The lowest BCUT2D eigenvalue weighted by atomic mass is 10.2. The van der Waals surface area contributed by atoms with Crippen molar-refractivity contribution in [1.82, 2.24) is 9.78 Å². The minimum atomic E-state index is -0.935. The van der Waals surface area contributed by atoms with Gasteiger partial charge in [0.15, 0.2) is 0 Å². The van der Waals surface area contributed by atoms with Gasteiger partial charge in [0.2, 0.25) is 0 Å². The average molecular weight is 266 g/mol. The van der Waals surface area contributed by atoms with Gasteiger partial charge in [0, 0.05) is 13.6 Å². The highest BCUT2D eigenvalue weighted by atomic mass is 16.4. The van der Waals surface area contributed by atoms with Crippen molar-refractivity contribution < 1.29 is 14.7 Å². The second-order valence-corrected chi connectivity index (χ2v) is 4.99. The van der Waals surface area contributed by atoms with Gasteiger partial charge >= 0.3 is 5.97 Å². The summed E-state index contributed by atoms with van der Waals surface area (Å²) in [5.41, 5.74) is 6.21. The zero-order valence-corrected chi connectivity index (χ0v) is 11.1. The highest BCUT2D eigenvalue weighted by Crippen LogP contribution is 2.32. The molecule has 0 spiro atoms. The van der Waals surface area contributed by atoms with Gasteiger partial charge in [0.05, 0.1) is 5.69 Å². The van der Waals surface area contributed by atoms with Gasteiger partial charge in [-0.15, -0.1) is 0 Å². The van der Waals surface area contributed by atoms with Crippen LogP contribution in [0.15, 0.2) is 0 Å². The van der Waals surface area contributed by atoms with Crippen LogP contribution >= 0.6 is 0 Å². The zero-order valence-electron chi connectivity index (χ0n) is 11.1. The zero-order chi connectivity index (χ0) is 14.2. The van der Waals surface area contributed by atoms with E-state index in [4.69, 9.17) is 10.8 Å². The van der Waals surface area contributed by atoms with E-state index in [0.717, 1.165) is 12.8 Å². The number of hydrogen-bond acceptors (Lipinski definition) is 4. The molecule has 1 amide bonds. The number of carbonyl (C=O) groups excluding carboxylic acids is 1.